The predicted molar refractivity (Wildman–Crippen MR) is 117 cm³/mol. The van der Waals surface area contributed by atoms with Gasteiger partial charge in [-0.05, 0) is 30.3 Å². The van der Waals surface area contributed by atoms with E-state index in [4.69, 9.17) is 24.1 Å². The Balaban J connectivity index is 2.05. The first-order valence-corrected chi connectivity index (χ1v) is 9.96. The zero-order valence-corrected chi connectivity index (χ0v) is 18.5. The van der Waals surface area contributed by atoms with E-state index in [1.165, 1.54) is 5.01 Å². The second kappa shape index (κ2) is 10.0. The van der Waals surface area contributed by atoms with Crippen molar-refractivity contribution >= 4 is 17.6 Å². The van der Waals surface area contributed by atoms with Gasteiger partial charge in [0.05, 0.1) is 46.6 Å². The zero-order valence-electron chi connectivity index (χ0n) is 18.5. The SMILES string of the molecule is COc1cc(OC)cc(C2=NN(C(=O)CCC(=O)O)[C@H](c3cc(OC)ccc3OC)C2)c1. The molecule has 3 rings (SSSR count). The van der Waals surface area contributed by atoms with Gasteiger partial charge in [0.15, 0.2) is 0 Å². The summed E-state index contributed by atoms with van der Waals surface area (Å²) in [6, 6.07) is 10.2. The van der Waals surface area contributed by atoms with Crippen molar-refractivity contribution in [1.82, 2.24) is 5.01 Å². The van der Waals surface area contributed by atoms with Crippen LogP contribution in [0.15, 0.2) is 41.5 Å². The standard InChI is InChI=1S/C23H26N2O7/c1-29-15-5-6-21(32-4)18(12-15)20-13-19(24-25(20)22(26)7-8-23(27)28)14-9-16(30-2)11-17(10-14)31-3/h5-6,9-12,20H,7-8,13H2,1-4H3,(H,27,28)/t20-/m0/s1. The number of carbonyl (C=O) groups excluding carboxylic acids is 1. The second-order valence-electron chi connectivity index (χ2n) is 7.11. The van der Waals surface area contributed by atoms with Crippen molar-refractivity contribution in [2.75, 3.05) is 28.4 Å². The molecule has 170 valence electrons. The molecule has 0 aliphatic carbocycles. The molecule has 1 heterocycles. The summed E-state index contributed by atoms with van der Waals surface area (Å²) in [6.07, 6.45) is -0.0654. The molecule has 2 aromatic rings. The largest absolute Gasteiger partial charge is 0.497 e. The molecule has 0 aromatic heterocycles. The molecule has 1 N–H and O–H groups in total. The van der Waals surface area contributed by atoms with Crippen molar-refractivity contribution < 1.29 is 33.6 Å². The van der Waals surface area contributed by atoms with Crippen molar-refractivity contribution in [3.8, 4) is 23.0 Å². The van der Waals surface area contributed by atoms with Gasteiger partial charge in [-0.2, -0.15) is 5.10 Å². The number of benzene rings is 2. The number of ether oxygens (including phenoxy) is 4. The molecule has 1 atom stereocenters. The topological polar surface area (TPSA) is 107 Å². The molecule has 1 amide bonds. The molecule has 0 fully saturated rings. The van der Waals surface area contributed by atoms with E-state index >= 15 is 0 Å². The number of rotatable bonds is 9. The average Bonchev–Trinajstić information content (AvgIpc) is 3.27. The third-order valence-electron chi connectivity index (χ3n) is 5.20. The summed E-state index contributed by atoms with van der Waals surface area (Å²) in [4.78, 5) is 24.0. The number of carboxylic acid groups (broad SMARTS) is 1. The van der Waals surface area contributed by atoms with Gasteiger partial charge in [-0.15, -0.1) is 0 Å². The van der Waals surface area contributed by atoms with Crippen molar-refractivity contribution in [3.63, 3.8) is 0 Å². The van der Waals surface area contributed by atoms with Crippen LogP contribution in [0.1, 0.15) is 36.4 Å². The van der Waals surface area contributed by atoms with E-state index < -0.39 is 17.9 Å². The van der Waals surface area contributed by atoms with Gasteiger partial charge < -0.3 is 24.1 Å². The minimum absolute atomic E-state index is 0.170. The zero-order chi connectivity index (χ0) is 23.3. The van der Waals surface area contributed by atoms with Crippen LogP contribution in [-0.2, 0) is 9.59 Å². The van der Waals surface area contributed by atoms with Crippen LogP contribution < -0.4 is 18.9 Å². The first kappa shape index (κ1) is 22.9. The molecule has 0 unspecified atom stereocenters. The summed E-state index contributed by atoms with van der Waals surface area (Å²) in [5.74, 6) is 0.921. The van der Waals surface area contributed by atoms with E-state index in [2.05, 4.69) is 5.10 Å². The second-order valence-corrected chi connectivity index (χ2v) is 7.11. The third kappa shape index (κ3) is 4.93. The van der Waals surface area contributed by atoms with Gasteiger partial charge >= 0.3 is 5.97 Å². The molecule has 0 saturated heterocycles. The minimum atomic E-state index is -1.05. The molecule has 9 nitrogen and oxygen atoms in total. The van der Waals surface area contributed by atoms with Crippen molar-refractivity contribution in [2.45, 2.75) is 25.3 Å². The number of hydrogen-bond acceptors (Lipinski definition) is 7. The first-order chi connectivity index (χ1) is 15.4. The van der Waals surface area contributed by atoms with Gasteiger partial charge in [0.1, 0.15) is 23.0 Å². The van der Waals surface area contributed by atoms with Crippen LogP contribution in [0.25, 0.3) is 0 Å². The fourth-order valence-electron chi connectivity index (χ4n) is 3.56. The Hall–Kier alpha value is -3.75. The monoisotopic (exact) mass is 442 g/mol. The van der Waals surface area contributed by atoms with E-state index in [-0.39, 0.29) is 12.8 Å². The summed E-state index contributed by atoms with van der Waals surface area (Å²) in [7, 11) is 6.22. The van der Waals surface area contributed by atoms with Crippen molar-refractivity contribution in [1.29, 1.82) is 0 Å². The third-order valence-corrected chi connectivity index (χ3v) is 5.20. The molecule has 0 radical (unpaired) electrons. The number of carboxylic acids is 1. The Labute approximate surface area is 186 Å². The van der Waals surface area contributed by atoms with E-state index in [0.29, 0.717) is 40.7 Å². The number of hydrogen-bond donors (Lipinski definition) is 1. The Bertz CT molecular complexity index is 1010. The highest BCUT2D eigenvalue weighted by Crippen LogP contribution is 2.40. The van der Waals surface area contributed by atoms with Crippen LogP contribution in [-0.4, -0.2) is 56.1 Å². The molecular formula is C23H26N2O7. The summed E-state index contributed by atoms with van der Waals surface area (Å²) in [6.45, 7) is 0. The molecule has 0 bridgehead atoms. The number of hydrazone groups is 1. The summed E-state index contributed by atoms with van der Waals surface area (Å²) in [5, 5.41) is 14.9. The van der Waals surface area contributed by atoms with Gasteiger partial charge in [-0.1, -0.05) is 0 Å². The Morgan fingerprint density at radius 1 is 0.938 bits per heavy atom. The first-order valence-electron chi connectivity index (χ1n) is 9.96. The lowest BCUT2D eigenvalue weighted by Crippen LogP contribution is -2.27. The van der Waals surface area contributed by atoms with Gasteiger partial charge in [-0.3, -0.25) is 9.59 Å². The number of carbonyl (C=O) groups is 2. The molecule has 9 heteroatoms. The smallest absolute Gasteiger partial charge is 0.303 e. The minimum Gasteiger partial charge on any atom is -0.497 e. The maximum absolute atomic E-state index is 12.9. The summed E-state index contributed by atoms with van der Waals surface area (Å²) >= 11 is 0. The summed E-state index contributed by atoms with van der Waals surface area (Å²) < 4.78 is 21.6. The maximum Gasteiger partial charge on any atom is 0.303 e. The molecule has 32 heavy (non-hydrogen) atoms. The molecule has 0 saturated carbocycles. The van der Waals surface area contributed by atoms with Crippen LogP contribution in [0.2, 0.25) is 0 Å². The number of aliphatic carboxylic acids is 1. The molecule has 1 aliphatic heterocycles. The van der Waals surface area contributed by atoms with Crippen LogP contribution in [0.4, 0.5) is 0 Å². The molecule has 2 aromatic carbocycles. The van der Waals surface area contributed by atoms with Crippen LogP contribution >= 0.6 is 0 Å². The Kier molecular flexibility index (Phi) is 7.19. The van der Waals surface area contributed by atoms with E-state index in [0.717, 1.165) is 5.56 Å². The average molecular weight is 442 g/mol. The molecule has 0 spiro atoms. The Morgan fingerprint density at radius 2 is 1.59 bits per heavy atom. The van der Waals surface area contributed by atoms with Crippen molar-refractivity contribution in [3.05, 3.63) is 47.5 Å². The van der Waals surface area contributed by atoms with Crippen LogP contribution in [0.5, 0.6) is 23.0 Å². The highest BCUT2D eigenvalue weighted by Gasteiger charge is 2.35. The van der Waals surface area contributed by atoms with Crippen molar-refractivity contribution in [2.24, 2.45) is 5.10 Å². The lowest BCUT2D eigenvalue weighted by Gasteiger charge is -2.24. The normalized spacial score (nSPS) is 15.2. The predicted octanol–water partition coefficient (Wildman–Crippen LogP) is 3.26. The van der Waals surface area contributed by atoms with Crippen LogP contribution in [0, 0.1) is 0 Å². The highest BCUT2D eigenvalue weighted by molar-refractivity contribution is 6.04. The summed E-state index contributed by atoms with van der Waals surface area (Å²) in [5.41, 5.74) is 2.09. The number of nitrogens with zero attached hydrogens (tertiary/aromatic N) is 2. The fraction of sp³-hybridized carbons (Fsp3) is 0.348. The van der Waals surface area contributed by atoms with Gasteiger partial charge in [0.2, 0.25) is 5.91 Å². The van der Waals surface area contributed by atoms with Crippen LogP contribution in [0.3, 0.4) is 0 Å². The Morgan fingerprint density at radius 3 is 2.16 bits per heavy atom. The van der Waals surface area contributed by atoms with E-state index in [9.17, 15) is 9.59 Å². The van der Waals surface area contributed by atoms with Gasteiger partial charge in [-0.25, -0.2) is 5.01 Å². The van der Waals surface area contributed by atoms with E-state index in [1.807, 2.05) is 12.1 Å². The van der Waals surface area contributed by atoms with Gasteiger partial charge in [0.25, 0.3) is 0 Å². The molecular weight excluding hydrogens is 416 g/mol. The maximum atomic E-state index is 12.9. The van der Waals surface area contributed by atoms with Gasteiger partial charge in [0, 0.05) is 30.0 Å². The quantitative estimate of drug-likeness (QED) is 0.635. The lowest BCUT2D eigenvalue weighted by molar-refractivity contribution is -0.141. The highest BCUT2D eigenvalue weighted by atomic mass is 16.5. The fourth-order valence-corrected chi connectivity index (χ4v) is 3.56. The molecule has 1 aliphatic rings. The number of methoxy groups -OCH3 is 4. The van der Waals surface area contributed by atoms with E-state index in [1.54, 1.807) is 52.7 Å². The number of amides is 1. The lowest BCUT2D eigenvalue weighted by atomic mass is 9.97.